The summed E-state index contributed by atoms with van der Waals surface area (Å²) in [7, 11) is 0. The number of unbranched alkanes of at least 4 members (excludes halogenated alkanes) is 1. The molecule has 3 rings (SSSR count). The molecule has 0 bridgehead atoms. The van der Waals surface area contributed by atoms with E-state index >= 15 is 0 Å². The van der Waals surface area contributed by atoms with Gasteiger partial charge in [-0.2, -0.15) is 0 Å². The van der Waals surface area contributed by atoms with Gasteiger partial charge in [0.2, 0.25) is 5.91 Å². The molecular formula is C19H20N4O. The van der Waals surface area contributed by atoms with Crippen LogP contribution in [0.25, 0.3) is 17.0 Å². The molecule has 2 heterocycles. The average molecular weight is 320 g/mol. The summed E-state index contributed by atoms with van der Waals surface area (Å²) in [6.07, 6.45) is 10.7. The van der Waals surface area contributed by atoms with E-state index in [1.807, 2.05) is 47.2 Å². The molecule has 0 fully saturated rings. The number of aromatic nitrogens is 3. The van der Waals surface area contributed by atoms with Crippen molar-refractivity contribution < 1.29 is 4.79 Å². The molecule has 0 saturated heterocycles. The van der Waals surface area contributed by atoms with E-state index < -0.39 is 0 Å². The Bertz CT molecular complexity index is 824. The van der Waals surface area contributed by atoms with Crippen LogP contribution in [0.5, 0.6) is 0 Å². The number of nitrogens with zero attached hydrogens (tertiary/aromatic N) is 3. The number of imidazole rings is 1. The van der Waals surface area contributed by atoms with Crippen LogP contribution in [0.3, 0.4) is 0 Å². The molecule has 122 valence electrons. The number of amides is 1. The van der Waals surface area contributed by atoms with E-state index in [0.29, 0.717) is 6.54 Å². The number of nitrogens with one attached hydrogen (secondary N) is 1. The van der Waals surface area contributed by atoms with E-state index in [-0.39, 0.29) is 5.91 Å². The number of pyridine rings is 1. The summed E-state index contributed by atoms with van der Waals surface area (Å²) in [6.45, 7) is 1.59. The Morgan fingerprint density at radius 2 is 2.08 bits per heavy atom. The summed E-state index contributed by atoms with van der Waals surface area (Å²) in [5.74, 6) is -0.0902. The van der Waals surface area contributed by atoms with Gasteiger partial charge in [-0.15, -0.1) is 0 Å². The Morgan fingerprint density at radius 1 is 1.17 bits per heavy atom. The zero-order valence-corrected chi connectivity index (χ0v) is 13.4. The van der Waals surface area contributed by atoms with E-state index in [9.17, 15) is 4.79 Å². The molecule has 2 aromatic heterocycles. The van der Waals surface area contributed by atoms with Gasteiger partial charge in [-0.1, -0.05) is 24.3 Å². The van der Waals surface area contributed by atoms with Crippen molar-refractivity contribution in [3.63, 3.8) is 0 Å². The molecule has 5 nitrogen and oxygen atoms in total. The molecular weight excluding hydrogens is 300 g/mol. The number of carbonyl (C=O) groups is 1. The third kappa shape index (κ3) is 4.52. The fourth-order valence-corrected chi connectivity index (χ4v) is 2.44. The lowest BCUT2D eigenvalue weighted by atomic mass is 10.2. The first-order valence-electron chi connectivity index (χ1n) is 8.09. The first-order valence-corrected chi connectivity index (χ1v) is 8.09. The van der Waals surface area contributed by atoms with E-state index in [1.54, 1.807) is 18.6 Å². The highest BCUT2D eigenvalue weighted by Crippen LogP contribution is 2.12. The molecule has 0 aliphatic rings. The quantitative estimate of drug-likeness (QED) is 0.538. The predicted molar refractivity (Wildman–Crippen MR) is 95.2 cm³/mol. The fraction of sp³-hybridized carbons (Fsp3) is 0.211. The highest BCUT2D eigenvalue weighted by atomic mass is 16.1. The molecule has 0 atom stereocenters. The van der Waals surface area contributed by atoms with Crippen molar-refractivity contribution in [1.82, 2.24) is 19.9 Å². The van der Waals surface area contributed by atoms with Gasteiger partial charge < -0.3 is 9.88 Å². The smallest absolute Gasteiger partial charge is 0.244 e. The number of benzene rings is 1. The highest BCUT2D eigenvalue weighted by molar-refractivity contribution is 5.91. The minimum atomic E-state index is -0.0902. The number of rotatable bonds is 7. The van der Waals surface area contributed by atoms with Gasteiger partial charge in [0, 0.05) is 36.9 Å². The van der Waals surface area contributed by atoms with Gasteiger partial charge in [-0.3, -0.25) is 4.79 Å². The second-order valence-corrected chi connectivity index (χ2v) is 5.56. The van der Waals surface area contributed by atoms with Crippen LogP contribution < -0.4 is 5.32 Å². The lowest BCUT2D eigenvalue weighted by molar-refractivity contribution is -0.116. The standard InChI is InChI=1S/C19H20N4O/c24-19(21-11-3-4-13-23-14-12-20-15-23)10-9-17-8-7-16-5-1-2-6-18(16)22-17/h1-2,5-10,12,14-15H,3-4,11,13H2,(H,21,24)/b10-9-. The minimum absolute atomic E-state index is 0.0902. The topological polar surface area (TPSA) is 59.8 Å². The van der Waals surface area contributed by atoms with Crippen molar-refractivity contribution in [2.75, 3.05) is 6.54 Å². The molecule has 3 aromatic rings. The number of hydrogen-bond acceptors (Lipinski definition) is 3. The number of aryl methyl sites for hydroxylation is 1. The van der Waals surface area contributed by atoms with Crippen LogP contribution in [-0.4, -0.2) is 27.0 Å². The summed E-state index contributed by atoms with van der Waals surface area (Å²) < 4.78 is 2.03. The number of fused-ring (bicyclic) bond motifs is 1. The summed E-state index contributed by atoms with van der Waals surface area (Å²) in [5.41, 5.74) is 1.71. The molecule has 1 amide bonds. The van der Waals surface area contributed by atoms with Crippen LogP contribution in [0.15, 0.2) is 61.2 Å². The molecule has 1 aromatic carbocycles. The Hall–Kier alpha value is -2.95. The fourth-order valence-electron chi connectivity index (χ4n) is 2.44. The Kier molecular flexibility index (Phi) is 5.35. The molecule has 0 spiro atoms. The molecule has 5 heteroatoms. The third-order valence-electron chi connectivity index (χ3n) is 3.73. The van der Waals surface area contributed by atoms with Gasteiger partial charge in [0.05, 0.1) is 17.5 Å². The second kappa shape index (κ2) is 8.06. The monoisotopic (exact) mass is 320 g/mol. The predicted octanol–water partition coefficient (Wildman–Crippen LogP) is 3.04. The van der Waals surface area contributed by atoms with E-state index in [4.69, 9.17) is 0 Å². The first-order chi connectivity index (χ1) is 11.8. The van der Waals surface area contributed by atoms with Crippen LogP contribution in [0.1, 0.15) is 18.5 Å². The van der Waals surface area contributed by atoms with E-state index in [1.165, 1.54) is 6.08 Å². The maximum absolute atomic E-state index is 11.8. The number of para-hydroxylation sites is 1. The van der Waals surface area contributed by atoms with Crippen LogP contribution in [0.4, 0.5) is 0 Å². The first kappa shape index (κ1) is 15.9. The maximum Gasteiger partial charge on any atom is 0.244 e. The molecule has 0 saturated carbocycles. The van der Waals surface area contributed by atoms with Crippen LogP contribution in [0, 0.1) is 0 Å². The maximum atomic E-state index is 11.8. The Morgan fingerprint density at radius 3 is 2.96 bits per heavy atom. The summed E-state index contributed by atoms with van der Waals surface area (Å²) in [6, 6.07) is 11.9. The summed E-state index contributed by atoms with van der Waals surface area (Å²) >= 11 is 0. The lowest BCUT2D eigenvalue weighted by Crippen LogP contribution is -2.22. The normalized spacial score (nSPS) is 11.2. The van der Waals surface area contributed by atoms with Gasteiger partial charge >= 0.3 is 0 Å². The van der Waals surface area contributed by atoms with Gasteiger partial charge in [-0.05, 0) is 31.1 Å². The Balaban J connectivity index is 1.42. The van der Waals surface area contributed by atoms with Crippen molar-refractivity contribution in [2.24, 2.45) is 0 Å². The minimum Gasteiger partial charge on any atom is -0.353 e. The van der Waals surface area contributed by atoms with Crippen LogP contribution in [0.2, 0.25) is 0 Å². The van der Waals surface area contributed by atoms with Crippen molar-refractivity contribution >= 4 is 22.9 Å². The van der Waals surface area contributed by atoms with Crippen molar-refractivity contribution in [2.45, 2.75) is 19.4 Å². The van der Waals surface area contributed by atoms with Gasteiger partial charge in [0.25, 0.3) is 0 Å². The molecule has 0 aliphatic carbocycles. The summed E-state index contributed by atoms with van der Waals surface area (Å²) in [4.78, 5) is 20.3. The third-order valence-corrected chi connectivity index (χ3v) is 3.73. The highest BCUT2D eigenvalue weighted by Gasteiger charge is 1.98. The Labute approximate surface area is 141 Å². The zero-order valence-electron chi connectivity index (χ0n) is 13.4. The van der Waals surface area contributed by atoms with Crippen molar-refractivity contribution in [1.29, 1.82) is 0 Å². The SMILES string of the molecule is O=C(/C=C\c1ccc2ccccc2n1)NCCCCn1ccnc1. The van der Waals surface area contributed by atoms with Gasteiger partial charge in [0.15, 0.2) is 0 Å². The van der Waals surface area contributed by atoms with E-state index in [0.717, 1.165) is 36.0 Å². The van der Waals surface area contributed by atoms with Crippen LogP contribution >= 0.6 is 0 Å². The number of carbonyl (C=O) groups excluding carboxylic acids is 1. The molecule has 0 unspecified atom stereocenters. The lowest BCUT2D eigenvalue weighted by Gasteiger charge is -2.03. The van der Waals surface area contributed by atoms with Crippen molar-refractivity contribution in [3.8, 4) is 0 Å². The molecule has 24 heavy (non-hydrogen) atoms. The number of hydrogen-bond donors (Lipinski definition) is 1. The molecule has 0 radical (unpaired) electrons. The second-order valence-electron chi connectivity index (χ2n) is 5.56. The molecule has 1 N–H and O–H groups in total. The largest absolute Gasteiger partial charge is 0.353 e. The zero-order chi connectivity index (χ0) is 16.6. The van der Waals surface area contributed by atoms with E-state index in [2.05, 4.69) is 15.3 Å². The van der Waals surface area contributed by atoms with Crippen LogP contribution in [-0.2, 0) is 11.3 Å². The van der Waals surface area contributed by atoms with Gasteiger partial charge in [-0.25, -0.2) is 9.97 Å². The van der Waals surface area contributed by atoms with Crippen molar-refractivity contribution in [3.05, 3.63) is 66.9 Å². The summed E-state index contributed by atoms with van der Waals surface area (Å²) in [5, 5.41) is 3.99. The average Bonchev–Trinajstić information content (AvgIpc) is 3.13. The van der Waals surface area contributed by atoms with Gasteiger partial charge in [0.1, 0.15) is 0 Å². The molecule has 0 aliphatic heterocycles.